The van der Waals surface area contributed by atoms with Crippen molar-refractivity contribution >= 4 is 33.6 Å². The van der Waals surface area contributed by atoms with E-state index < -0.39 is 55.5 Å². The van der Waals surface area contributed by atoms with Gasteiger partial charge in [0, 0.05) is 32.2 Å². The van der Waals surface area contributed by atoms with Crippen molar-refractivity contribution in [3.8, 4) is 0 Å². The zero-order chi connectivity index (χ0) is 26.3. The molecule has 0 spiro atoms. The van der Waals surface area contributed by atoms with Crippen LogP contribution in [0.1, 0.15) is 18.1 Å². The van der Waals surface area contributed by atoms with E-state index in [9.17, 15) is 32.9 Å². The highest BCUT2D eigenvalue weighted by atomic mass is 32.2. The third-order valence-electron chi connectivity index (χ3n) is 6.47. The number of para-hydroxylation sites is 1. The predicted molar refractivity (Wildman–Crippen MR) is 127 cm³/mol. The lowest BCUT2D eigenvalue weighted by atomic mass is 9.91. The summed E-state index contributed by atoms with van der Waals surface area (Å²) in [5.41, 5.74) is -0.238. The fourth-order valence-corrected chi connectivity index (χ4v) is 5.88. The van der Waals surface area contributed by atoms with Gasteiger partial charge in [0.05, 0.1) is 4.92 Å². The molecule has 4 amide bonds. The van der Waals surface area contributed by atoms with Gasteiger partial charge in [0.1, 0.15) is 12.1 Å². The average Bonchev–Trinajstić information content (AvgIpc) is 3.08. The van der Waals surface area contributed by atoms with E-state index in [1.165, 1.54) is 23.1 Å². The Balaban J connectivity index is 1.42. The summed E-state index contributed by atoms with van der Waals surface area (Å²) >= 11 is 0. The summed E-state index contributed by atoms with van der Waals surface area (Å²) in [4.78, 5) is 50.9. The largest absolute Gasteiger partial charge is 0.338 e. The van der Waals surface area contributed by atoms with Gasteiger partial charge in [0.25, 0.3) is 11.6 Å². The van der Waals surface area contributed by atoms with Crippen LogP contribution in [-0.4, -0.2) is 78.0 Å². The summed E-state index contributed by atoms with van der Waals surface area (Å²) < 4.78 is 27.1. The van der Waals surface area contributed by atoms with Crippen LogP contribution < -0.4 is 5.32 Å². The standard InChI is InChI=1S/C23H25N5O7S/c1-16-7-9-17(10-8-16)23(2)21(30)27(22(31)24-23)15-20(29)25-11-13-26(14-12-25)36(34,35)19-6-4-3-5-18(19)28(32)33/h3-10H,11-15H2,1-2H3,(H,24,31)/t23-/m0/s1. The van der Waals surface area contributed by atoms with E-state index in [1.807, 2.05) is 19.1 Å². The number of nitrogens with zero attached hydrogens (tertiary/aromatic N) is 4. The molecule has 0 saturated carbocycles. The van der Waals surface area contributed by atoms with Gasteiger partial charge in [-0.15, -0.1) is 0 Å². The zero-order valence-electron chi connectivity index (χ0n) is 19.7. The van der Waals surface area contributed by atoms with Crippen molar-refractivity contribution in [1.29, 1.82) is 0 Å². The first-order valence-electron chi connectivity index (χ1n) is 11.2. The third kappa shape index (κ3) is 4.42. The van der Waals surface area contributed by atoms with Crippen LogP contribution in [0.5, 0.6) is 0 Å². The number of piperazine rings is 1. The number of sulfonamides is 1. The van der Waals surface area contributed by atoms with Crippen LogP contribution in [0, 0.1) is 17.0 Å². The van der Waals surface area contributed by atoms with Gasteiger partial charge in [-0.25, -0.2) is 13.2 Å². The second-order valence-corrected chi connectivity index (χ2v) is 10.7. The quantitative estimate of drug-likeness (QED) is 0.345. The first-order valence-corrected chi connectivity index (χ1v) is 12.6. The first kappa shape index (κ1) is 25.3. The third-order valence-corrected chi connectivity index (χ3v) is 8.41. The van der Waals surface area contributed by atoms with Crippen molar-refractivity contribution in [1.82, 2.24) is 19.4 Å². The molecule has 190 valence electrons. The van der Waals surface area contributed by atoms with Crippen LogP contribution in [0.25, 0.3) is 0 Å². The second-order valence-electron chi connectivity index (χ2n) is 8.82. The first-order chi connectivity index (χ1) is 16.9. The Morgan fingerprint density at radius 3 is 2.28 bits per heavy atom. The number of aryl methyl sites for hydroxylation is 1. The fourth-order valence-electron chi connectivity index (χ4n) is 4.30. The van der Waals surface area contributed by atoms with Crippen LogP contribution in [0.15, 0.2) is 53.4 Å². The van der Waals surface area contributed by atoms with Gasteiger partial charge >= 0.3 is 6.03 Å². The summed E-state index contributed by atoms with van der Waals surface area (Å²) in [6.07, 6.45) is 0. The van der Waals surface area contributed by atoms with E-state index >= 15 is 0 Å². The minimum absolute atomic E-state index is 0.0115. The molecular weight excluding hydrogens is 490 g/mol. The lowest BCUT2D eigenvalue weighted by Gasteiger charge is -2.34. The van der Waals surface area contributed by atoms with Gasteiger partial charge in [0.2, 0.25) is 15.9 Å². The molecule has 2 aromatic rings. The fraction of sp³-hybridized carbons (Fsp3) is 0.348. The van der Waals surface area contributed by atoms with Crippen LogP contribution in [0.3, 0.4) is 0 Å². The molecular formula is C23H25N5O7S. The molecule has 36 heavy (non-hydrogen) atoms. The molecule has 12 nitrogen and oxygen atoms in total. The number of amides is 4. The van der Waals surface area contributed by atoms with E-state index in [-0.39, 0.29) is 26.2 Å². The van der Waals surface area contributed by atoms with E-state index in [1.54, 1.807) is 19.1 Å². The van der Waals surface area contributed by atoms with Crippen molar-refractivity contribution in [2.75, 3.05) is 32.7 Å². The number of rotatable bonds is 6. The van der Waals surface area contributed by atoms with Crippen molar-refractivity contribution in [2.24, 2.45) is 0 Å². The van der Waals surface area contributed by atoms with Gasteiger partial charge in [0.15, 0.2) is 4.90 Å². The number of carbonyl (C=O) groups is 3. The molecule has 0 radical (unpaired) electrons. The monoisotopic (exact) mass is 515 g/mol. The molecule has 0 aliphatic carbocycles. The summed E-state index contributed by atoms with van der Waals surface area (Å²) in [5, 5.41) is 13.9. The molecule has 2 aliphatic heterocycles. The molecule has 2 heterocycles. The number of imide groups is 1. The maximum Gasteiger partial charge on any atom is 0.325 e. The molecule has 4 rings (SSSR count). The maximum atomic E-state index is 13.1. The number of hydrogen-bond donors (Lipinski definition) is 1. The van der Waals surface area contributed by atoms with Crippen molar-refractivity contribution < 1.29 is 27.7 Å². The van der Waals surface area contributed by atoms with Crippen molar-refractivity contribution in [3.63, 3.8) is 0 Å². The van der Waals surface area contributed by atoms with Crippen LogP contribution >= 0.6 is 0 Å². The lowest BCUT2D eigenvalue weighted by molar-refractivity contribution is -0.387. The Labute approximate surface area is 207 Å². The van der Waals surface area contributed by atoms with E-state index in [0.717, 1.165) is 20.8 Å². The zero-order valence-corrected chi connectivity index (χ0v) is 20.5. The Kier molecular flexibility index (Phi) is 6.54. The number of urea groups is 1. The molecule has 1 atom stereocenters. The minimum Gasteiger partial charge on any atom is -0.338 e. The number of hydrogen-bond acceptors (Lipinski definition) is 7. The highest BCUT2D eigenvalue weighted by Crippen LogP contribution is 2.30. The topological polar surface area (TPSA) is 150 Å². The van der Waals surface area contributed by atoms with Crippen LogP contribution in [0.2, 0.25) is 0 Å². The predicted octanol–water partition coefficient (Wildman–Crippen LogP) is 1.20. The summed E-state index contributed by atoms with van der Waals surface area (Å²) in [6.45, 7) is 2.86. The molecule has 0 bridgehead atoms. The highest BCUT2D eigenvalue weighted by Gasteiger charge is 2.49. The number of nitrogens with one attached hydrogen (secondary N) is 1. The van der Waals surface area contributed by atoms with Gasteiger partial charge in [-0.05, 0) is 25.5 Å². The number of nitro groups is 1. The highest BCUT2D eigenvalue weighted by molar-refractivity contribution is 7.89. The molecule has 13 heteroatoms. The van der Waals surface area contributed by atoms with E-state index in [2.05, 4.69) is 5.32 Å². The minimum atomic E-state index is -4.15. The summed E-state index contributed by atoms with van der Waals surface area (Å²) in [6, 6.07) is 11.5. The number of benzene rings is 2. The summed E-state index contributed by atoms with van der Waals surface area (Å²) in [5.74, 6) is -1.06. The molecule has 1 N–H and O–H groups in total. The molecule has 2 aliphatic rings. The maximum absolute atomic E-state index is 13.1. The summed E-state index contributed by atoms with van der Waals surface area (Å²) in [7, 11) is -4.15. The van der Waals surface area contributed by atoms with Gasteiger partial charge < -0.3 is 10.2 Å². The molecule has 0 unspecified atom stereocenters. The van der Waals surface area contributed by atoms with Crippen LogP contribution in [-0.2, 0) is 25.2 Å². The Bertz CT molecular complexity index is 1340. The smallest absolute Gasteiger partial charge is 0.325 e. The van der Waals surface area contributed by atoms with Gasteiger partial charge in [-0.1, -0.05) is 42.0 Å². The molecule has 2 aromatic carbocycles. The molecule has 2 saturated heterocycles. The molecule has 0 aromatic heterocycles. The van der Waals surface area contributed by atoms with E-state index in [4.69, 9.17) is 0 Å². The van der Waals surface area contributed by atoms with Crippen molar-refractivity contribution in [3.05, 3.63) is 69.8 Å². The van der Waals surface area contributed by atoms with Gasteiger partial charge in [-0.2, -0.15) is 4.31 Å². The number of carbonyl (C=O) groups excluding carboxylic acids is 3. The second kappa shape index (κ2) is 9.32. The Hall–Kier alpha value is -3.84. The Morgan fingerprint density at radius 1 is 1.06 bits per heavy atom. The van der Waals surface area contributed by atoms with Gasteiger partial charge in [-0.3, -0.25) is 24.6 Å². The van der Waals surface area contributed by atoms with E-state index in [0.29, 0.717) is 5.56 Å². The lowest BCUT2D eigenvalue weighted by Crippen LogP contribution is -2.53. The number of nitro benzene ring substituents is 1. The van der Waals surface area contributed by atoms with Crippen LogP contribution in [0.4, 0.5) is 10.5 Å². The van der Waals surface area contributed by atoms with Crippen molar-refractivity contribution in [2.45, 2.75) is 24.3 Å². The molecule has 2 fully saturated rings. The average molecular weight is 516 g/mol. The normalized spacial score (nSPS) is 20.9. The SMILES string of the molecule is Cc1ccc([C@]2(C)NC(=O)N(CC(=O)N3CCN(S(=O)(=O)c4ccccc4[N+](=O)[O-])CC3)C2=O)cc1. The Morgan fingerprint density at radius 2 is 1.67 bits per heavy atom.